The SMILES string of the molecule is CC(C)(F)C(=O)OI. The minimum Gasteiger partial charge on any atom is -0.392 e. The molecule has 8 heavy (non-hydrogen) atoms. The number of carbonyl (C=O) groups excluding carboxylic acids is 1. The zero-order chi connectivity index (χ0) is 6.78. The van der Waals surface area contributed by atoms with E-state index in [9.17, 15) is 9.18 Å². The molecule has 48 valence electrons. The normalized spacial score (nSPS) is 11.0. The van der Waals surface area contributed by atoms with Crippen molar-refractivity contribution in [2.24, 2.45) is 0 Å². The molecule has 0 spiro atoms. The molecular formula is C4H6FIO2. The second kappa shape index (κ2) is 2.61. The predicted molar refractivity (Wildman–Crippen MR) is 35.3 cm³/mol. The molecule has 0 aromatic carbocycles. The summed E-state index contributed by atoms with van der Waals surface area (Å²) in [5.74, 6) is -0.849. The van der Waals surface area contributed by atoms with Gasteiger partial charge in [-0.15, -0.1) is 0 Å². The Hall–Kier alpha value is 0.130. The van der Waals surface area contributed by atoms with Crippen LogP contribution in [-0.4, -0.2) is 11.6 Å². The maximum absolute atomic E-state index is 12.3. The summed E-state index contributed by atoms with van der Waals surface area (Å²) in [6.45, 7) is 2.29. The van der Waals surface area contributed by atoms with E-state index in [4.69, 9.17) is 0 Å². The topological polar surface area (TPSA) is 26.3 Å². The number of carbonyl (C=O) groups is 1. The molecule has 4 heteroatoms. The molecule has 0 fully saturated rings. The van der Waals surface area contributed by atoms with Gasteiger partial charge in [0.2, 0.25) is 5.67 Å². The van der Waals surface area contributed by atoms with E-state index in [1.54, 1.807) is 0 Å². The van der Waals surface area contributed by atoms with Gasteiger partial charge in [0.1, 0.15) is 0 Å². The lowest BCUT2D eigenvalue weighted by molar-refractivity contribution is -0.142. The predicted octanol–water partition coefficient (Wildman–Crippen LogP) is 1.63. The average molecular weight is 232 g/mol. The Balaban J connectivity index is 3.82. The van der Waals surface area contributed by atoms with E-state index in [2.05, 4.69) is 3.07 Å². The first-order valence-corrected chi connectivity index (χ1v) is 2.88. The van der Waals surface area contributed by atoms with Crippen LogP contribution in [0.15, 0.2) is 0 Å². The standard InChI is InChI=1S/C4H6FIO2/c1-4(2,5)3(7)8-6/h1-2H3. The zero-order valence-corrected chi connectivity index (χ0v) is 6.73. The Morgan fingerprint density at radius 1 is 1.75 bits per heavy atom. The summed E-state index contributed by atoms with van der Waals surface area (Å²) in [6.07, 6.45) is 0. The number of hydrogen-bond acceptors (Lipinski definition) is 2. The van der Waals surface area contributed by atoms with E-state index < -0.39 is 11.6 Å². The van der Waals surface area contributed by atoms with E-state index >= 15 is 0 Å². The van der Waals surface area contributed by atoms with Crippen molar-refractivity contribution in [2.75, 3.05) is 0 Å². The van der Waals surface area contributed by atoms with Gasteiger partial charge in [-0.3, -0.25) is 0 Å². The van der Waals surface area contributed by atoms with E-state index in [1.807, 2.05) is 0 Å². The molecule has 0 aromatic heterocycles. The van der Waals surface area contributed by atoms with Crippen LogP contribution in [0.25, 0.3) is 0 Å². The molecule has 0 aliphatic heterocycles. The van der Waals surface area contributed by atoms with Crippen molar-refractivity contribution >= 4 is 29.0 Å². The van der Waals surface area contributed by atoms with Crippen LogP contribution in [0.2, 0.25) is 0 Å². The molecule has 0 atom stereocenters. The Bertz CT molecular complexity index is 96.7. The zero-order valence-electron chi connectivity index (χ0n) is 4.57. The molecule has 2 nitrogen and oxygen atoms in total. The number of rotatable bonds is 1. The average Bonchev–Trinajstić information content (AvgIpc) is 1.62. The third-order valence-electron chi connectivity index (χ3n) is 0.555. The fourth-order valence-corrected chi connectivity index (χ4v) is 0.615. The molecule has 0 aliphatic rings. The van der Waals surface area contributed by atoms with Gasteiger partial charge in [-0.05, 0) is 13.8 Å². The fraction of sp³-hybridized carbons (Fsp3) is 0.750. The minimum atomic E-state index is -1.86. The van der Waals surface area contributed by atoms with Crippen molar-refractivity contribution in [2.45, 2.75) is 19.5 Å². The molecule has 0 amide bonds. The van der Waals surface area contributed by atoms with Crippen LogP contribution in [0.1, 0.15) is 13.8 Å². The first-order chi connectivity index (χ1) is 3.48. The Kier molecular flexibility index (Phi) is 2.65. The Morgan fingerprint density at radius 2 is 2.12 bits per heavy atom. The molecule has 0 saturated carbocycles. The molecular weight excluding hydrogens is 226 g/mol. The smallest absolute Gasteiger partial charge is 0.352 e. The van der Waals surface area contributed by atoms with Gasteiger partial charge in [-0.1, -0.05) is 0 Å². The third-order valence-corrected chi connectivity index (χ3v) is 0.955. The number of alkyl halides is 1. The van der Waals surface area contributed by atoms with Crippen molar-refractivity contribution in [3.8, 4) is 0 Å². The maximum atomic E-state index is 12.3. The molecule has 0 bridgehead atoms. The lowest BCUT2D eigenvalue weighted by Crippen LogP contribution is -2.25. The second-order valence-electron chi connectivity index (χ2n) is 1.84. The summed E-state index contributed by atoms with van der Waals surface area (Å²) in [7, 11) is 0. The van der Waals surface area contributed by atoms with E-state index in [-0.39, 0.29) is 0 Å². The van der Waals surface area contributed by atoms with Crippen LogP contribution in [0.5, 0.6) is 0 Å². The van der Waals surface area contributed by atoms with Crippen molar-refractivity contribution in [1.29, 1.82) is 0 Å². The van der Waals surface area contributed by atoms with E-state index in [0.29, 0.717) is 0 Å². The molecule has 0 aliphatic carbocycles. The van der Waals surface area contributed by atoms with Gasteiger partial charge >= 0.3 is 5.97 Å². The van der Waals surface area contributed by atoms with Crippen LogP contribution < -0.4 is 0 Å². The van der Waals surface area contributed by atoms with Crippen LogP contribution in [0.4, 0.5) is 4.39 Å². The highest BCUT2D eigenvalue weighted by Gasteiger charge is 2.27. The molecule has 0 heterocycles. The summed E-state index contributed by atoms with van der Waals surface area (Å²) < 4.78 is 16.4. The van der Waals surface area contributed by atoms with Gasteiger partial charge in [0, 0.05) is 0 Å². The largest absolute Gasteiger partial charge is 0.392 e. The van der Waals surface area contributed by atoms with Gasteiger partial charge in [0.25, 0.3) is 0 Å². The molecule has 0 N–H and O–H groups in total. The molecule has 0 rings (SSSR count). The summed E-state index contributed by atoms with van der Waals surface area (Å²) in [4.78, 5) is 10.2. The van der Waals surface area contributed by atoms with Crippen LogP contribution >= 0.6 is 23.0 Å². The maximum Gasteiger partial charge on any atom is 0.352 e. The summed E-state index contributed by atoms with van der Waals surface area (Å²) in [5, 5.41) is 0. The second-order valence-corrected chi connectivity index (χ2v) is 2.28. The first kappa shape index (κ1) is 8.13. The summed E-state index contributed by atoms with van der Waals surface area (Å²) >= 11 is 1.35. The highest BCUT2D eigenvalue weighted by molar-refractivity contribution is 14.1. The lowest BCUT2D eigenvalue weighted by Gasteiger charge is -2.07. The van der Waals surface area contributed by atoms with Gasteiger partial charge in [0.05, 0.1) is 0 Å². The Morgan fingerprint density at radius 3 is 2.12 bits per heavy atom. The van der Waals surface area contributed by atoms with Crippen molar-refractivity contribution < 1.29 is 12.3 Å². The van der Waals surface area contributed by atoms with Gasteiger partial charge in [-0.25, -0.2) is 9.18 Å². The van der Waals surface area contributed by atoms with Crippen molar-refractivity contribution in [1.82, 2.24) is 0 Å². The van der Waals surface area contributed by atoms with Crippen LogP contribution in [-0.2, 0) is 7.86 Å². The minimum absolute atomic E-state index is 0.849. The summed E-state index contributed by atoms with van der Waals surface area (Å²) in [6, 6.07) is 0. The summed E-state index contributed by atoms with van der Waals surface area (Å²) in [5.41, 5.74) is -1.86. The monoisotopic (exact) mass is 232 g/mol. The van der Waals surface area contributed by atoms with Gasteiger partial charge in [-0.2, -0.15) is 0 Å². The van der Waals surface area contributed by atoms with E-state index in [0.717, 1.165) is 13.8 Å². The highest BCUT2D eigenvalue weighted by atomic mass is 127. The number of hydrogen-bond donors (Lipinski definition) is 0. The fourth-order valence-electron chi connectivity index (χ4n) is 0.0917. The van der Waals surface area contributed by atoms with Crippen molar-refractivity contribution in [3.05, 3.63) is 0 Å². The lowest BCUT2D eigenvalue weighted by atomic mass is 10.2. The number of halogens is 2. The van der Waals surface area contributed by atoms with Gasteiger partial charge in [0.15, 0.2) is 23.0 Å². The molecule has 0 saturated heterocycles. The Labute approximate surface area is 61.1 Å². The van der Waals surface area contributed by atoms with E-state index in [1.165, 1.54) is 23.0 Å². The van der Waals surface area contributed by atoms with Crippen LogP contribution in [0.3, 0.4) is 0 Å². The molecule has 0 aromatic rings. The first-order valence-electron chi connectivity index (χ1n) is 2.00. The van der Waals surface area contributed by atoms with Crippen LogP contribution in [0, 0.1) is 0 Å². The quantitative estimate of drug-likeness (QED) is 0.642. The van der Waals surface area contributed by atoms with Crippen molar-refractivity contribution in [3.63, 3.8) is 0 Å². The molecule has 0 radical (unpaired) electrons. The molecule has 0 unspecified atom stereocenters. The highest BCUT2D eigenvalue weighted by Crippen LogP contribution is 2.11. The van der Waals surface area contributed by atoms with Gasteiger partial charge < -0.3 is 3.07 Å². The third kappa shape index (κ3) is 2.44.